The Bertz CT molecular complexity index is 500. The van der Waals surface area contributed by atoms with Gasteiger partial charge in [-0.3, -0.25) is 0 Å². The number of benzene rings is 2. The number of hydrogen-bond donors (Lipinski definition) is 1. The lowest BCUT2D eigenvalue weighted by molar-refractivity contribution is 0.319. The van der Waals surface area contributed by atoms with Gasteiger partial charge in [0.1, 0.15) is 5.71 Å². The predicted molar refractivity (Wildman–Crippen MR) is 69.7 cm³/mol. The first-order chi connectivity index (χ1) is 8.35. The van der Waals surface area contributed by atoms with Gasteiger partial charge in [-0.15, -0.1) is 0 Å². The van der Waals surface area contributed by atoms with Gasteiger partial charge in [-0.1, -0.05) is 66.7 Å². The summed E-state index contributed by atoms with van der Waals surface area (Å²) in [7, 11) is 0. The Morgan fingerprint density at radius 2 is 1.53 bits per heavy atom. The van der Waals surface area contributed by atoms with Crippen LogP contribution in [0.3, 0.4) is 0 Å². The summed E-state index contributed by atoms with van der Waals surface area (Å²) < 4.78 is 0. The normalized spacial score (nSPS) is 11.5. The van der Waals surface area contributed by atoms with E-state index in [2.05, 4.69) is 24.2 Å². The Labute approximate surface area is 101 Å². The maximum Gasteiger partial charge on any atom is 0.117 e. The SMILES string of the molecule is CCc1ccc(/C(=N\O)c2ccccc2)cc1. The minimum atomic E-state index is 0.605. The average molecular weight is 225 g/mol. The van der Waals surface area contributed by atoms with Crippen molar-refractivity contribution in [1.82, 2.24) is 0 Å². The van der Waals surface area contributed by atoms with Crippen LogP contribution in [-0.4, -0.2) is 10.9 Å². The van der Waals surface area contributed by atoms with Crippen LogP contribution in [0.4, 0.5) is 0 Å². The van der Waals surface area contributed by atoms with E-state index in [9.17, 15) is 0 Å². The lowest BCUT2D eigenvalue weighted by Crippen LogP contribution is -2.03. The minimum Gasteiger partial charge on any atom is -0.410 e. The number of nitrogens with zero attached hydrogens (tertiary/aromatic N) is 1. The van der Waals surface area contributed by atoms with Crippen molar-refractivity contribution in [3.63, 3.8) is 0 Å². The van der Waals surface area contributed by atoms with E-state index in [-0.39, 0.29) is 0 Å². The first kappa shape index (κ1) is 11.4. The molecule has 0 heterocycles. The zero-order valence-corrected chi connectivity index (χ0v) is 9.80. The highest BCUT2D eigenvalue weighted by molar-refractivity contribution is 6.12. The monoisotopic (exact) mass is 225 g/mol. The molecule has 0 atom stereocenters. The predicted octanol–water partition coefficient (Wildman–Crippen LogP) is 3.48. The van der Waals surface area contributed by atoms with Crippen LogP contribution >= 0.6 is 0 Å². The molecule has 0 aliphatic carbocycles. The second-order valence-electron chi connectivity index (χ2n) is 3.87. The van der Waals surface area contributed by atoms with Gasteiger partial charge in [-0.25, -0.2) is 0 Å². The third kappa shape index (κ3) is 2.53. The van der Waals surface area contributed by atoms with Crippen LogP contribution < -0.4 is 0 Å². The fraction of sp³-hybridized carbons (Fsp3) is 0.133. The average Bonchev–Trinajstić information content (AvgIpc) is 2.42. The summed E-state index contributed by atoms with van der Waals surface area (Å²) in [6.45, 7) is 2.12. The van der Waals surface area contributed by atoms with Gasteiger partial charge in [0.15, 0.2) is 0 Å². The fourth-order valence-corrected chi connectivity index (χ4v) is 1.78. The Hall–Kier alpha value is -2.09. The van der Waals surface area contributed by atoms with Gasteiger partial charge < -0.3 is 5.21 Å². The van der Waals surface area contributed by atoms with Crippen molar-refractivity contribution in [3.8, 4) is 0 Å². The molecule has 0 saturated carbocycles. The molecule has 0 radical (unpaired) electrons. The molecular formula is C15H15NO. The molecule has 17 heavy (non-hydrogen) atoms. The second kappa shape index (κ2) is 5.30. The van der Waals surface area contributed by atoms with E-state index in [1.54, 1.807) is 0 Å². The highest BCUT2D eigenvalue weighted by Crippen LogP contribution is 2.12. The molecule has 2 rings (SSSR count). The largest absolute Gasteiger partial charge is 0.410 e. The Morgan fingerprint density at radius 1 is 0.941 bits per heavy atom. The first-order valence-corrected chi connectivity index (χ1v) is 5.72. The van der Waals surface area contributed by atoms with Crippen LogP contribution in [0.25, 0.3) is 0 Å². The summed E-state index contributed by atoms with van der Waals surface area (Å²) in [4.78, 5) is 0. The van der Waals surface area contributed by atoms with Gasteiger partial charge in [0.25, 0.3) is 0 Å². The van der Waals surface area contributed by atoms with E-state index >= 15 is 0 Å². The smallest absolute Gasteiger partial charge is 0.117 e. The summed E-state index contributed by atoms with van der Waals surface area (Å²) in [5.41, 5.74) is 3.72. The van der Waals surface area contributed by atoms with Crippen LogP contribution in [0.1, 0.15) is 23.6 Å². The molecule has 0 bridgehead atoms. The Morgan fingerprint density at radius 3 is 2.06 bits per heavy atom. The maximum atomic E-state index is 9.15. The lowest BCUT2D eigenvalue weighted by atomic mass is 10.0. The Balaban J connectivity index is 2.37. The number of hydrogen-bond acceptors (Lipinski definition) is 2. The number of aryl methyl sites for hydroxylation is 1. The van der Waals surface area contributed by atoms with Gasteiger partial charge in [-0.05, 0) is 12.0 Å². The summed E-state index contributed by atoms with van der Waals surface area (Å²) in [6, 6.07) is 17.8. The van der Waals surface area contributed by atoms with Gasteiger partial charge in [0.2, 0.25) is 0 Å². The summed E-state index contributed by atoms with van der Waals surface area (Å²) in [5.74, 6) is 0. The van der Waals surface area contributed by atoms with Crippen molar-refractivity contribution in [2.24, 2.45) is 5.16 Å². The van der Waals surface area contributed by atoms with Crippen molar-refractivity contribution < 1.29 is 5.21 Å². The highest BCUT2D eigenvalue weighted by Gasteiger charge is 2.06. The van der Waals surface area contributed by atoms with Crippen LogP contribution in [0.2, 0.25) is 0 Å². The minimum absolute atomic E-state index is 0.605. The van der Waals surface area contributed by atoms with E-state index in [0.717, 1.165) is 17.5 Å². The van der Waals surface area contributed by atoms with Crippen molar-refractivity contribution >= 4 is 5.71 Å². The van der Waals surface area contributed by atoms with Gasteiger partial charge in [-0.2, -0.15) is 0 Å². The molecule has 0 unspecified atom stereocenters. The van der Waals surface area contributed by atoms with Crippen LogP contribution in [0.15, 0.2) is 59.8 Å². The topological polar surface area (TPSA) is 32.6 Å². The van der Waals surface area contributed by atoms with Crippen LogP contribution in [0.5, 0.6) is 0 Å². The molecule has 2 nitrogen and oxygen atoms in total. The molecule has 0 spiro atoms. The summed E-state index contributed by atoms with van der Waals surface area (Å²) in [5, 5.41) is 12.5. The van der Waals surface area contributed by atoms with Gasteiger partial charge >= 0.3 is 0 Å². The third-order valence-electron chi connectivity index (χ3n) is 2.78. The molecule has 0 amide bonds. The fourth-order valence-electron chi connectivity index (χ4n) is 1.78. The van der Waals surface area contributed by atoms with E-state index < -0.39 is 0 Å². The summed E-state index contributed by atoms with van der Waals surface area (Å²) in [6.07, 6.45) is 1.01. The molecule has 2 aromatic rings. The second-order valence-corrected chi connectivity index (χ2v) is 3.87. The van der Waals surface area contributed by atoms with Crippen molar-refractivity contribution in [2.75, 3.05) is 0 Å². The lowest BCUT2D eigenvalue weighted by Gasteiger charge is -2.05. The van der Waals surface area contributed by atoms with Gasteiger partial charge in [0, 0.05) is 11.1 Å². The van der Waals surface area contributed by atoms with Crippen LogP contribution in [0, 0.1) is 0 Å². The molecular weight excluding hydrogens is 210 g/mol. The quantitative estimate of drug-likeness (QED) is 0.484. The van der Waals surface area contributed by atoms with Crippen molar-refractivity contribution in [2.45, 2.75) is 13.3 Å². The Kier molecular flexibility index (Phi) is 3.55. The van der Waals surface area contributed by atoms with E-state index in [0.29, 0.717) is 5.71 Å². The molecule has 0 aliphatic heterocycles. The molecule has 0 saturated heterocycles. The first-order valence-electron chi connectivity index (χ1n) is 5.72. The van der Waals surface area contributed by atoms with E-state index in [4.69, 9.17) is 5.21 Å². The summed E-state index contributed by atoms with van der Waals surface area (Å²) >= 11 is 0. The van der Waals surface area contributed by atoms with E-state index in [1.165, 1.54) is 5.56 Å². The standard InChI is InChI=1S/C15H15NO/c1-2-12-8-10-14(11-9-12)15(16-17)13-6-4-3-5-7-13/h3-11,17H,2H2,1H3/b16-15-. The molecule has 1 N–H and O–H groups in total. The van der Waals surface area contributed by atoms with E-state index in [1.807, 2.05) is 42.5 Å². The molecule has 0 aromatic heterocycles. The number of oxime groups is 1. The van der Waals surface area contributed by atoms with Crippen molar-refractivity contribution in [3.05, 3.63) is 71.3 Å². The molecule has 86 valence electrons. The van der Waals surface area contributed by atoms with Crippen molar-refractivity contribution in [1.29, 1.82) is 0 Å². The number of rotatable bonds is 3. The molecule has 0 aliphatic rings. The maximum absolute atomic E-state index is 9.15. The van der Waals surface area contributed by atoms with Crippen LogP contribution in [-0.2, 0) is 6.42 Å². The molecule has 2 aromatic carbocycles. The highest BCUT2D eigenvalue weighted by atomic mass is 16.4. The zero-order valence-electron chi connectivity index (χ0n) is 9.80. The zero-order chi connectivity index (χ0) is 12.1. The molecule has 0 fully saturated rings. The molecule has 2 heteroatoms. The van der Waals surface area contributed by atoms with Gasteiger partial charge in [0.05, 0.1) is 0 Å². The third-order valence-corrected chi connectivity index (χ3v) is 2.78.